The van der Waals surface area contributed by atoms with Crippen molar-refractivity contribution in [2.75, 3.05) is 38.0 Å². The highest BCUT2D eigenvalue weighted by Crippen LogP contribution is 2.30. The van der Waals surface area contributed by atoms with Crippen LogP contribution in [0.15, 0.2) is 6.33 Å². The van der Waals surface area contributed by atoms with Gasteiger partial charge in [-0.25, -0.2) is 15.8 Å². The molecule has 0 aromatic carbocycles. The third-order valence-electron chi connectivity index (χ3n) is 3.58. The van der Waals surface area contributed by atoms with Crippen LogP contribution >= 0.6 is 0 Å². The standard InChI is InChI=1S/C12H22N6O/c1-8-6-18(2)5-4-9(8)16-11-10(19-3)12(17-13)15-7-14-11/h7-9H,4-6,13H2,1-3H3,(H2,14,15,16,17). The zero-order valence-corrected chi connectivity index (χ0v) is 11.7. The highest BCUT2D eigenvalue weighted by atomic mass is 16.5. The van der Waals surface area contributed by atoms with E-state index in [-0.39, 0.29) is 0 Å². The van der Waals surface area contributed by atoms with Gasteiger partial charge in [-0.3, -0.25) is 0 Å². The summed E-state index contributed by atoms with van der Waals surface area (Å²) in [5, 5.41) is 3.45. The van der Waals surface area contributed by atoms with E-state index in [4.69, 9.17) is 10.6 Å². The minimum atomic E-state index is 0.380. The van der Waals surface area contributed by atoms with Crippen molar-refractivity contribution in [1.29, 1.82) is 0 Å². The van der Waals surface area contributed by atoms with Crippen LogP contribution in [0, 0.1) is 5.92 Å². The number of nitrogens with zero attached hydrogens (tertiary/aromatic N) is 3. The summed E-state index contributed by atoms with van der Waals surface area (Å²) >= 11 is 0. The number of piperidine rings is 1. The molecule has 0 amide bonds. The molecule has 7 heteroatoms. The first-order valence-electron chi connectivity index (χ1n) is 6.46. The topological polar surface area (TPSA) is 88.3 Å². The number of nitrogens with one attached hydrogen (secondary N) is 2. The summed E-state index contributed by atoms with van der Waals surface area (Å²) in [7, 11) is 3.73. The van der Waals surface area contributed by atoms with Gasteiger partial charge in [-0.05, 0) is 25.9 Å². The summed E-state index contributed by atoms with van der Waals surface area (Å²) in [6.45, 7) is 4.40. The SMILES string of the molecule is COc1c(NN)ncnc1NC1CCN(C)CC1C. The average Bonchev–Trinajstić information content (AvgIpc) is 2.41. The maximum Gasteiger partial charge on any atom is 0.205 e. The maximum atomic E-state index is 5.42. The van der Waals surface area contributed by atoms with E-state index in [0.717, 1.165) is 19.5 Å². The second kappa shape index (κ2) is 6.03. The van der Waals surface area contributed by atoms with Gasteiger partial charge in [0.2, 0.25) is 5.75 Å². The monoisotopic (exact) mass is 266 g/mol. The molecule has 1 aliphatic heterocycles. The van der Waals surface area contributed by atoms with Gasteiger partial charge in [-0.1, -0.05) is 6.92 Å². The summed E-state index contributed by atoms with van der Waals surface area (Å²) in [4.78, 5) is 10.6. The Labute approximate surface area is 113 Å². The van der Waals surface area contributed by atoms with Gasteiger partial charge in [0.05, 0.1) is 7.11 Å². The van der Waals surface area contributed by atoms with E-state index < -0.39 is 0 Å². The van der Waals surface area contributed by atoms with E-state index in [2.05, 4.69) is 39.6 Å². The zero-order valence-electron chi connectivity index (χ0n) is 11.7. The fourth-order valence-corrected chi connectivity index (χ4v) is 2.52. The lowest BCUT2D eigenvalue weighted by atomic mass is 9.94. The second-order valence-electron chi connectivity index (χ2n) is 5.03. The number of hydrogen-bond donors (Lipinski definition) is 3. The largest absolute Gasteiger partial charge is 0.490 e. The van der Waals surface area contributed by atoms with Crippen molar-refractivity contribution in [2.45, 2.75) is 19.4 Å². The van der Waals surface area contributed by atoms with Gasteiger partial charge in [-0.15, -0.1) is 0 Å². The first-order chi connectivity index (χ1) is 9.15. The molecule has 1 aromatic heterocycles. The van der Waals surface area contributed by atoms with E-state index >= 15 is 0 Å². The van der Waals surface area contributed by atoms with Crippen LogP contribution in [0.3, 0.4) is 0 Å². The number of likely N-dealkylation sites (tertiary alicyclic amines) is 1. The van der Waals surface area contributed by atoms with Gasteiger partial charge in [-0.2, -0.15) is 0 Å². The smallest absolute Gasteiger partial charge is 0.205 e. The molecular formula is C12H22N6O. The number of methoxy groups -OCH3 is 1. The van der Waals surface area contributed by atoms with Crippen molar-refractivity contribution in [2.24, 2.45) is 11.8 Å². The molecule has 0 saturated carbocycles. The lowest BCUT2D eigenvalue weighted by Crippen LogP contribution is -2.43. The second-order valence-corrected chi connectivity index (χ2v) is 5.03. The molecule has 106 valence electrons. The fraction of sp³-hybridized carbons (Fsp3) is 0.667. The summed E-state index contributed by atoms with van der Waals surface area (Å²) in [6.07, 6.45) is 2.55. The predicted octanol–water partition coefficient (Wildman–Crippen LogP) is 0.523. The van der Waals surface area contributed by atoms with E-state index in [1.165, 1.54) is 6.33 Å². The van der Waals surface area contributed by atoms with Crippen molar-refractivity contribution in [3.63, 3.8) is 0 Å². The van der Waals surface area contributed by atoms with Crippen molar-refractivity contribution >= 4 is 11.6 Å². The summed E-state index contributed by atoms with van der Waals surface area (Å²) in [5.74, 6) is 7.69. The third-order valence-corrected chi connectivity index (χ3v) is 3.58. The van der Waals surface area contributed by atoms with Gasteiger partial charge < -0.3 is 20.4 Å². The Kier molecular flexibility index (Phi) is 4.39. The highest BCUT2D eigenvalue weighted by Gasteiger charge is 2.25. The first-order valence-corrected chi connectivity index (χ1v) is 6.46. The van der Waals surface area contributed by atoms with Crippen molar-refractivity contribution in [1.82, 2.24) is 14.9 Å². The highest BCUT2D eigenvalue weighted by molar-refractivity contribution is 5.63. The number of nitrogen functional groups attached to an aromatic ring is 1. The average molecular weight is 266 g/mol. The summed E-state index contributed by atoms with van der Waals surface area (Å²) in [6, 6.07) is 0.380. The van der Waals surface area contributed by atoms with E-state index in [9.17, 15) is 0 Å². The number of hydrogen-bond acceptors (Lipinski definition) is 7. The molecule has 2 atom stereocenters. The molecule has 1 aliphatic rings. The van der Waals surface area contributed by atoms with Crippen LogP contribution < -0.4 is 21.3 Å². The predicted molar refractivity (Wildman–Crippen MR) is 75.1 cm³/mol. The van der Waals surface area contributed by atoms with Crippen LogP contribution in [0.2, 0.25) is 0 Å². The molecule has 0 radical (unpaired) electrons. The Morgan fingerprint density at radius 1 is 1.42 bits per heavy atom. The van der Waals surface area contributed by atoms with E-state index in [1.54, 1.807) is 7.11 Å². The van der Waals surface area contributed by atoms with Crippen LogP contribution in [-0.2, 0) is 0 Å². The molecule has 19 heavy (non-hydrogen) atoms. The van der Waals surface area contributed by atoms with Crippen LogP contribution in [0.4, 0.5) is 11.6 Å². The number of rotatable bonds is 4. The number of hydrazine groups is 1. The van der Waals surface area contributed by atoms with Crippen molar-refractivity contribution in [3.8, 4) is 5.75 Å². The van der Waals surface area contributed by atoms with Crippen LogP contribution in [0.25, 0.3) is 0 Å². The normalized spacial score (nSPS) is 24.0. The Hall–Kier alpha value is -1.60. The molecule has 1 saturated heterocycles. The van der Waals surface area contributed by atoms with E-state index in [0.29, 0.717) is 29.3 Å². The van der Waals surface area contributed by atoms with Gasteiger partial charge >= 0.3 is 0 Å². The van der Waals surface area contributed by atoms with Crippen molar-refractivity contribution in [3.05, 3.63) is 6.33 Å². The molecule has 0 spiro atoms. The number of nitrogens with two attached hydrogens (primary N) is 1. The van der Waals surface area contributed by atoms with Crippen molar-refractivity contribution < 1.29 is 4.74 Å². The fourth-order valence-electron chi connectivity index (χ4n) is 2.52. The van der Waals surface area contributed by atoms with E-state index in [1.807, 2.05) is 0 Å². The Morgan fingerprint density at radius 3 is 2.79 bits per heavy atom. The molecule has 1 fully saturated rings. The number of ether oxygens (including phenoxy) is 1. The summed E-state index contributed by atoms with van der Waals surface area (Å²) in [5.41, 5.74) is 2.52. The van der Waals surface area contributed by atoms with Gasteiger partial charge in [0.1, 0.15) is 6.33 Å². The molecule has 2 rings (SSSR count). The lowest BCUT2D eigenvalue weighted by molar-refractivity contribution is 0.205. The first kappa shape index (κ1) is 13.8. The third kappa shape index (κ3) is 3.05. The molecule has 2 unspecified atom stereocenters. The molecule has 2 heterocycles. The maximum absolute atomic E-state index is 5.42. The minimum absolute atomic E-state index is 0.380. The van der Waals surface area contributed by atoms with Crippen LogP contribution in [-0.4, -0.2) is 48.2 Å². The molecular weight excluding hydrogens is 244 g/mol. The van der Waals surface area contributed by atoms with Crippen LogP contribution in [0.1, 0.15) is 13.3 Å². The Morgan fingerprint density at radius 2 is 2.16 bits per heavy atom. The van der Waals surface area contributed by atoms with Gasteiger partial charge in [0.15, 0.2) is 11.6 Å². The summed E-state index contributed by atoms with van der Waals surface area (Å²) < 4.78 is 5.32. The minimum Gasteiger partial charge on any atom is -0.490 e. The number of aromatic nitrogens is 2. The van der Waals surface area contributed by atoms with Crippen LogP contribution in [0.5, 0.6) is 5.75 Å². The molecule has 0 bridgehead atoms. The molecule has 1 aromatic rings. The molecule has 7 nitrogen and oxygen atoms in total. The Balaban J connectivity index is 2.14. The van der Waals surface area contributed by atoms with Gasteiger partial charge in [0.25, 0.3) is 0 Å². The van der Waals surface area contributed by atoms with Gasteiger partial charge in [0, 0.05) is 12.6 Å². The molecule has 4 N–H and O–H groups in total. The quantitative estimate of drug-likeness (QED) is 0.541. The zero-order chi connectivity index (χ0) is 13.8. The Bertz CT molecular complexity index is 427. The number of anilines is 2. The molecule has 0 aliphatic carbocycles. The lowest BCUT2D eigenvalue weighted by Gasteiger charge is -2.35.